The lowest BCUT2D eigenvalue weighted by Gasteiger charge is -2.23. The van der Waals surface area contributed by atoms with Gasteiger partial charge in [-0.3, -0.25) is 0 Å². The first-order valence-corrected chi connectivity index (χ1v) is 5.34. The lowest BCUT2D eigenvalue weighted by molar-refractivity contribution is 0.116. The number of benzene rings is 1. The molecule has 14 heavy (non-hydrogen) atoms. The molecule has 1 N–H and O–H groups in total. The summed E-state index contributed by atoms with van der Waals surface area (Å²) in [6.07, 6.45) is 2.87. The van der Waals surface area contributed by atoms with Crippen LogP contribution in [0.15, 0.2) is 24.3 Å². The third-order valence-electron chi connectivity index (χ3n) is 3.23. The number of aryl methyl sites for hydroxylation is 1. The van der Waals surface area contributed by atoms with Crippen LogP contribution in [0.4, 0.5) is 0 Å². The highest BCUT2D eigenvalue weighted by molar-refractivity contribution is 5.30. The molecule has 0 fully saturated rings. The smallest absolute Gasteiger partial charge is 0.0797 e. The standard InChI is InChI=1S/C13H18O/c1-13(2)8-7-10-5-3-4-6-11(10)12(14)9-13/h3-6,12,14H,7-9H2,1-2H3/t12-/m0/s1. The Bertz CT molecular complexity index is 328. The number of aliphatic hydroxyl groups excluding tert-OH is 1. The molecule has 0 aliphatic heterocycles. The van der Waals surface area contributed by atoms with Crippen LogP contribution in [-0.2, 0) is 6.42 Å². The Hall–Kier alpha value is -0.820. The van der Waals surface area contributed by atoms with Gasteiger partial charge in [-0.1, -0.05) is 38.1 Å². The summed E-state index contributed by atoms with van der Waals surface area (Å²) >= 11 is 0. The maximum absolute atomic E-state index is 10.1. The summed E-state index contributed by atoms with van der Waals surface area (Å²) in [5.74, 6) is 0. The number of aliphatic hydroxyl groups is 1. The van der Waals surface area contributed by atoms with E-state index in [9.17, 15) is 5.11 Å². The van der Waals surface area contributed by atoms with Gasteiger partial charge in [0.15, 0.2) is 0 Å². The molecule has 1 atom stereocenters. The van der Waals surface area contributed by atoms with Crippen molar-refractivity contribution in [3.05, 3.63) is 35.4 Å². The lowest BCUT2D eigenvalue weighted by atomic mass is 9.84. The van der Waals surface area contributed by atoms with Gasteiger partial charge in [0.05, 0.1) is 6.10 Å². The quantitative estimate of drug-likeness (QED) is 0.623. The van der Waals surface area contributed by atoms with Gasteiger partial charge in [-0.15, -0.1) is 0 Å². The highest BCUT2D eigenvalue weighted by atomic mass is 16.3. The van der Waals surface area contributed by atoms with Gasteiger partial charge in [-0.2, -0.15) is 0 Å². The SMILES string of the molecule is CC1(C)CCc2ccccc2[C@@H](O)C1. The van der Waals surface area contributed by atoms with Crippen molar-refractivity contribution in [3.63, 3.8) is 0 Å². The van der Waals surface area contributed by atoms with Crippen molar-refractivity contribution in [2.24, 2.45) is 5.41 Å². The predicted octanol–water partition coefficient (Wildman–Crippen LogP) is 3.08. The summed E-state index contributed by atoms with van der Waals surface area (Å²) in [4.78, 5) is 0. The molecule has 0 unspecified atom stereocenters. The van der Waals surface area contributed by atoms with Crippen LogP contribution in [0.5, 0.6) is 0 Å². The number of hydrogen-bond donors (Lipinski definition) is 1. The summed E-state index contributed by atoms with van der Waals surface area (Å²) in [5.41, 5.74) is 2.72. The predicted molar refractivity (Wildman–Crippen MR) is 58.1 cm³/mol. The number of fused-ring (bicyclic) bond motifs is 1. The minimum atomic E-state index is -0.274. The summed E-state index contributed by atoms with van der Waals surface area (Å²) in [7, 11) is 0. The summed E-state index contributed by atoms with van der Waals surface area (Å²) in [5, 5.41) is 10.1. The van der Waals surface area contributed by atoms with Crippen LogP contribution < -0.4 is 0 Å². The molecule has 2 rings (SSSR count). The van der Waals surface area contributed by atoms with Crippen molar-refractivity contribution in [3.8, 4) is 0 Å². The van der Waals surface area contributed by atoms with Crippen molar-refractivity contribution in [1.29, 1.82) is 0 Å². The Balaban J connectivity index is 2.36. The average molecular weight is 190 g/mol. The minimum Gasteiger partial charge on any atom is -0.388 e. The van der Waals surface area contributed by atoms with Crippen LogP contribution in [-0.4, -0.2) is 5.11 Å². The lowest BCUT2D eigenvalue weighted by Crippen LogP contribution is -2.13. The Morgan fingerprint density at radius 2 is 2.00 bits per heavy atom. The Kier molecular flexibility index (Phi) is 2.36. The molecule has 76 valence electrons. The third-order valence-corrected chi connectivity index (χ3v) is 3.23. The zero-order valence-corrected chi connectivity index (χ0v) is 8.96. The van der Waals surface area contributed by atoms with Gasteiger partial charge in [0.1, 0.15) is 0 Å². The molecule has 1 aliphatic carbocycles. The molecule has 0 amide bonds. The van der Waals surface area contributed by atoms with Gasteiger partial charge in [-0.05, 0) is 35.8 Å². The van der Waals surface area contributed by atoms with E-state index in [0.29, 0.717) is 0 Å². The largest absolute Gasteiger partial charge is 0.388 e. The van der Waals surface area contributed by atoms with Crippen molar-refractivity contribution in [2.75, 3.05) is 0 Å². The van der Waals surface area contributed by atoms with Crippen molar-refractivity contribution in [2.45, 2.75) is 39.2 Å². The van der Waals surface area contributed by atoms with E-state index in [2.05, 4.69) is 32.0 Å². The number of rotatable bonds is 0. The van der Waals surface area contributed by atoms with E-state index in [1.54, 1.807) is 0 Å². The topological polar surface area (TPSA) is 20.2 Å². The molecule has 0 bridgehead atoms. The first-order valence-electron chi connectivity index (χ1n) is 5.34. The van der Waals surface area contributed by atoms with Crippen LogP contribution in [0.1, 0.15) is 43.9 Å². The van der Waals surface area contributed by atoms with Gasteiger partial charge >= 0.3 is 0 Å². The Morgan fingerprint density at radius 1 is 1.29 bits per heavy atom. The highest BCUT2D eigenvalue weighted by Gasteiger charge is 2.27. The second-order valence-corrected chi connectivity index (χ2v) is 5.08. The summed E-state index contributed by atoms with van der Waals surface area (Å²) in [6, 6.07) is 8.27. The molecule has 0 heterocycles. The zero-order chi connectivity index (χ0) is 10.2. The monoisotopic (exact) mass is 190 g/mol. The zero-order valence-electron chi connectivity index (χ0n) is 8.96. The number of hydrogen-bond acceptors (Lipinski definition) is 1. The first-order chi connectivity index (χ1) is 6.58. The van der Waals surface area contributed by atoms with Crippen LogP contribution in [0.25, 0.3) is 0 Å². The summed E-state index contributed by atoms with van der Waals surface area (Å²) < 4.78 is 0. The van der Waals surface area contributed by atoms with Gasteiger partial charge in [0, 0.05) is 0 Å². The minimum absolute atomic E-state index is 0.262. The third kappa shape index (κ3) is 1.83. The second kappa shape index (κ2) is 3.39. The molecule has 0 aromatic heterocycles. The van der Waals surface area contributed by atoms with Crippen molar-refractivity contribution < 1.29 is 5.11 Å². The molecule has 0 spiro atoms. The average Bonchev–Trinajstić information content (AvgIpc) is 2.24. The van der Waals surface area contributed by atoms with Crippen LogP contribution in [0.3, 0.4) is 0 Å². The normalized spacial score (nSPS) is 25.2. The molecule has 1 aromatic carbocycles. The second-order valence-electron chi connectivity index (χ2n) is 5.08. The van der Waals surface area contributed by atoms with E-state index in [0.717, 1.165) is 18.4 Å². The molecule has 1 heteroatoms. The molecule has 0 saturated heterocycles. The van der Waals surface area contributed by atoms with E-state index >= 15 is 0 Å². The molecular formula is C13H18O. The highest BCUT2D eigenvalue weighted by Crippen LogP contribution is 2.38. The van der Waals surface area contributed by atoms with E-state index in [-0.39, 0.29) is 11.5 Å². The maximum atomic E-state index is 10.1. The van der Waals surface area contributed by atoms with Crippen LogP contribution in [0.2, 0.25) is 0 Å². The van der Waals surface area contributed by atoms with E-state index in [4.69, 9.17) is 0 Å². The Morgan fingerprint density at radius 3 is 2.79 bits per heavy atom. The van der Waals surface area contributed by atoms with Crippen molar-refractivity contribution >= 4 is 0 Å². The maximum Gasteiger partial charge on any atom is 0.0797 e. The molecule has 1 aromatic rings. The van der Waals surface area contributed by atoms with Gasteiger partial charge in [0.2, 0.25) is 0 Å². The van der Waals surface area contributed by atoms with Crippen LogP contribution >= 0.6 is 0 Å². The fourth-order valence-corrected chi connectivity index (χ4v) is 2.30. The molecule has 1 nitrogen and oxygen atoms in total. The van der Waals surface area contributed by atoms with Gasteiger partial charge < -0.3 is 5.11 Å². The molecule has 1 aliphatic rings. The van der Waals surface area contributed by atoms with Crippen LogP contribution in [0, 0.1) is 5.41 Å². The molecule has 0 radical (unpaired) electrons. The molecule has 0 saturated carbocycles. The van der Waals surface area contributed by atoms with Gasteiger partial charge in [-0.25, -0.2) is 0 Å². The van der Waals surface area contributed by atoms with Gasteiger partial charge in [0.25, 0.3) is 0 Å². The van der Waals surface area contributed by atoms with Crippen molar-refractivity contribution in [1.82, 2.24) is 0 Å². The fraction of sp³-hybridized carbons (Fsp3) is 0.538. The fourth-order valence-electron chi connectivity index (χ4n) is 2.30. The molecular weight excluding hydrogens is 172 g/mol. The first kappa shape index (κ1) is 9.72. The van der Waals surface area contributed by atoms with E-state index < -0.39 is 0 Å². The van der Waals surface area contributed by atoms with E-state index in [1.165, 1.54) is 12.0 Å². The summed E-state index contributed by atoms with van der Waals surface area (Å²) in [6.45, 7) is 4.48. The Labute approximate surface area is 85.8 Å². The van der Waals surface area contributed by atoms with E-state index in [1.807, 2.05) is 6.07 Å².